The Hall–Kier alpha value is -1.000. The Kier molecular flexibility index (Phi) is 6.95. The van der Waals surface area contributed by atoms with Crippen molar-refractivity contribution >= 4 is 17.7 Å². The fourth-order valence-corrected chi connectivity index (χ4v) is 2.73. The van der Waals surface area contributed by atoms with Crippen LogP contribution < -0.4 is 5.32 Å². The molecule has 0 aliphatic rings. The number of nitrogens with one attached hydrogen (secondary N) is 1. The Morgan fingerprint density at radius 3 is 2.68 bits per heavy atom. The van der Waals surface area contributed by atoms with Crippen LogP contribution in [-0.4, -0.2) is 29.1 Å². The van der Waals surface area contributed by atoms with Crippen LogP contribution in [0.4, 0.5) is 0 Å². The molecule has 0 bridgehead atoms. The van der Waals surface area contributed by atoms with Gasteiger partial charge in [-0.2, -0.15) is 11.8 Å². The van der Waals surface area contributed by atoms with Crippen LogP contribution in [0.5, 0.6) is 0 Å². The molecule has 0 aliphatic heterocycles. The molecule has 2 atom stereocenters. The van der Waals surface area contributed by atoms with Gasteiger partial charge in [0.1, 0.15) is 0 Å². The first-order chi connectivity index (χ1) is 9.04. The van der Waals surface area contributed by atoms with Crippen LogP contribution in [0, 0.1) is 12.8 Å². The number of rotatable bonds is 7. The molecule has 0 saturated carbocycles. The number of aliphatic hydroxyl groups is 1. The summed E-state index contributed by atoms with van der Waals surface area (Å²) >= 11 is 1.56. The molecule has 0 spiro atoms. The molecule has 0 saturated heterocycles. The molecule has 0 aromatic heterocycles. The van der Waals surface area contributed by atoms with Crippen molar-refractivity contribution < 1.29 is 9.90 Å². The maximum atomic E-state index is 11.8. The molecule has 106 valence electrons. The normalized spacial score (nSPS) is 13.9. The molecule has 2 N–H and O–H groups in total. The predicted octanol–water partition coefficient (Wildman–Crippen LogP) is 2.53. The number of thioether (sulfide) groups is 1. The second-order valence-corrected chi connectivity index (χ2v) is 5.98. The number of hydrogen-bond acceptors (Lipinski definition) is 3. The lowest BCUT2D eigenvalue weighted by molar-refractivity contribution is -0.119. The van der Waals surface area contributed by atoms with Crippen molar-refractivity contribution in [3.05, 3.63) is 35.4 Å². The molecule has 2 unspecified atom stereocenters. The smallest absolute Gasteiger partial charge is 0.230 e. The summed E-state index contributed by atoms with van der Waals surface area (Å²) in [7, 11) is 0. The van der Waals surface area contributed by atoms with Gasteiger partial charge < -0.3 is 10.4 Å². The molecule has 3 nitrogen and oxygen atoms in total. The second-order valence-electron chi connectivity index (χ2n) is 4.95. The Morgan fingerprint density at radius 2 is 2.05 bits per heavy atom. The number of carbonyl (C=O) groups is 1. The Morgan fingerprint density at radius 1 is 1.37 bits per heavy atom. The van der Waals surface area contributed by atoms with Crippen molar-refractivity contribution in [2.75, 3.05) is 18.1 Å². The van der Waals surface area contributed by atoms with Gasteiger partial charge in [-0.15, -0.1) is 0 Å². The van der Waals surface area contributed by atoms with Crippen LogP contribution >= 0.6 is 11.8 Å². The summed E-state index contributed by atoms with van der Waals surface area (Å²) in [6, 6.07) is 8.11. The van der Waals surface area contributed by atoms with E-state index < -0.39 is 0 Å². The number of hydrogen-bond donors (Lipinski definition) is 2. The number of amides is 1. The van der Waals surface area contributed by atoms with Gasteiger partial charge in [-0.1, -0.05) is 31.2 Å². The molecule has 4 heteroatoms. The van der Waals surface area contributed by atoms with Gasteiger partial charge in [0.05, 0.1) is 11.8 Å². The summed E-state index contributed by atoms with van der Waals surface area (Å²) in [5, 5.41) is 11.9. The van der Waals surface area contributed by atoms with Gasteiger partial charge in [-0.05, 0) is 36.6 Å². The highest BCUT2D eigenvalue weighted by Gasteiger charge is 2.11. The summed E-state index contributed by atoms with van der Waals surface area (Å²) in [5.41, 5.74) is 2.35. The average molecular weight is 281 g/mol. The Bertz CT molecular complexity index is 409. The van der Waals surface area contributed by atoms with Crippen molar-refractivity contribution in [1.29, 1.82) is 0 Å². The van der Waals surface area contributed by atoms with Crippen LogP contribution in [0.1, 0.15) is 31.0 Å². The van der Waals surface area contributed by atoms with Crippen LogP contribution in [0.3, 0.4) is 0 Å². The molecule has 1 aromatic carbocycles. The monoisotopic (exact) mass is 281 g/mol. The lowest BCUT2D eigenvalue weighted by Crippen LogP contribution is -2.29. The SMILES string of the molecule is Cc1ccccc1C(C)NC(=O)CSCC(C)CO. The third-order valence-electron chi connectivity index (χ3n) is 2.98. The predicted molar refractivity (Wildman–Crippen MR) is 81.3 cm³/mol. The van der Waals surface area contributed by atoms with E-state index in [1.807, 2.05) is 32.0 Å². The molecule has 0 heterocycles. The fourth-order valence-electron chi connectivity index (χ4n) is 1.84. The molecule has 1 rings (SSSR count). The first-order valence-corrected chi connectivity index (χ1v) is 7.73. The third kappa shape index (κ3) is 5.66. The van der Waals surface area contributed by atoms with Crippen molar-refractivity contribution in [1.82, 2.24) is 5.32 Å². The van der Waals surface area contributed by atoms with Crippen LogP contribution in [0.15, 0.2) is 24.3 Å². The number of carbonyl (C=O) groups excluding carboxylic acids is 1. The maximum Gasteiger partial charge on any atom is 0.230 e. The molecule has 0 aliphatic carbocycles. The molecule has 1 aromatic rings. The quantitative estimate of drug-likeness (QED) is 0.807. The molecular weight excluding hydrogens is 258 g/mol. The van der Waals surface area contributed by atoms with Crippen LogP contribution in [0.2, 0.25) is 0 Å². The topological polar surface area (TPSA) is 49.3 Å². The van der Waals surface area contributed by atoms with Crippen molar-refractivity contribution in [3.8, 4) is 0 Å². The first kappa shape index (κ1) is 16.1. The van der Waals surface area contributed by atoms with Gasteiger partial charge in [0.25, 0.3) is 0 Å². The minimum Gasteiger partial charge on any atom is -0.396 e. The zero-order chi connectivity index (χ0) is 14.3. The van der Waals surface area contributed by atoms with E-state index in [0.29, 0.717) is 5.75 Å². The molecular formula is C15H23NO2S. The summed E-state index contributed by atoms with van der Waals surface area (Å²) in [6.45, 7) is 6.20. The van der Waals surface area contributed by atoms with E-state index in [2.05, 4.69) is 18.3 Å². The number of aryl methyl sites for hydroxylation is 1. The molecule has 0 fully saturated rings. The second kappa shape index (κ2) is 8.23. The van der Waals surface area contributed by atoms with E-state index in [9.17, 15) is 4.79 Å². The highest BCUT2D eigenvalue weighted by Crippen LogP contribution is 2.17. The summed E-state index contributed by atoms with van der Waals surface area (Å²) in [6.07, 6.45) is 0. The standard InChI is InChI=1S/C15H23NO2S/c1-11(8-17)9-19-10-15(18)16-13(3)14-7-5-4-6-12(14)2/h4-7,11,13,17H,8-10H2,1-3H3,(H,16,18). The van der Waals surface area contributed by atoms with E-state index in [0.717, 1.165) is 11.3 Å². The average Bonchev–Trinajstić information content (AvgIpc) is 2.38. The van der Waals surface area contributed by atoms with Gasteiger partial charge in [0, 0.05) is 6.61 Å². The zero-order valence-electron chi connectivity index (χ0n) is 11.8. The first-order valence-electron chi connectivity index (χ1n) is 6.58. The highest BCUT2D eigenvalue weighted by atomic mass is 32.2. The summed E-state index contributed by atoms with van der Waals surface area (Å²) in [5.74, 6) is 1.54. The molecule has 19 heavy (non-hydrogen) atoms. The van der Waals surface area contributed by atoms with Gasteiger partial charge >= 0.3 is 0 Å². The van der Waals surface area contributed by atoms with Gasteiger partial charge in [0.15, 0.2) is 0 Å². The minimum atomic E-state index is 0.0320. The van der Waals surface area contributed by atoms with Gasteiger partial charge in [-0.25, -0.2) is 0 Å². The molecule has 1 amide bonds. The van der Waals surface area contributed by atoms with Gasteiger partial charge in [-0.3, -0.25) is 4.79 Å². The largest absolute Gasteiger partial charge is 0.396 e. The van der Waals surface area contributed by atoms with Crippen molar-refractivity contribution in [3.63, 3.8) is 0 Å². The van der Waals surface area contributed by atoms with Crippen LogP contribution in [0.25, 0.3) is 0 Å². The van der Waals surface area contributed by atoms with Gasteiger partial charge in [0.2, 0.25) is 5.91 Å². The van der Waals surface area contributed by atoms with E-state index in [4.69, 9.17) is 5.11 Å². The van der Waals surface area contributed by atoms with E-state index >= 15 is 0 Å². The zero-order valence-corrected chi connectivity index (χ0v) is 12.7. The number of benzene rings is 1. The highest BCUT2D eigenvalue weighted by molar-refractivity contribution is 7.99. The summed E-state index contributed by atoms with van der Waals surface area (Å²) in [4.78, 5) is 11.8. The lowest BCUT2D eigenvalue weighted by Gasteiger charge is -2.16. The summed E-state index contributed by atoms with van der Waals surface area (Å²) < 4.78 is 0. The Balaban J connectivity index is 2.38. The van der Waals surface area contributed by atoms with Crippen molar-refractivity contribution in [2.24, 2.45) is 5.92 Å². The fraction of sp³-hybridized carbons (Fsp3) is 0.533. The Labute approximate surface area is 119 Å². The molecule has 0 radical (unpaired) electrons. The van der Waals surface area contributed by atoms with Crippen molar-refractivity contribution in [2.45, 2.75) is 26.8 Å². The van der Waals surface area contributed by atoms with E-state index in [1.54, 1.807) is 11.8 Å². The third-order valence-corrected chi connectivity index (χ3v) is 4.25. The van der Waals surface area contributed by atoms with E-state index in [-0.39, 0.29) is 24.5 Å². The minimum absolute atomic E-state index is 0.0320. The van der Waals surface area contributed by atoms with Crippen LogP contribution in [-0.2, 0) is 4.79 Å². The maximum absolute atomic E-state index is 11.8. The number of aliphatic hydroxyl groups excluding tert-OH is 1. The lowest BCUT2D eigenvalue weighted by atomic mass is 10.0. The van der Waals surface area contributed by atoms with E-state index in [1.165, 1.54) is 5.56 Å².